The maximum absolute atomic E-state index is 11.7. The Morgan fingerprint density at radius 2 is 1.10 bits per heavy atom. The lowest BCUT2D eigenvalue weighted by Crippen LogP contribution is -2.21. The topological polar surface area (TPSA) is 90.0 Å². The number of aromatic nitrogens is 4. The largest absolute Gasteiger partial charge is 0.505 e. The average Bonchev–Trinajstić information content (AvgIpc) is 2.78. The molecule has 0 aliphatic carbocycles. The summed E-state index contributed by atoms with van der Waals surface area (Å²) in [4.78, 5) is 23.3. The summed E-state index contributed by atoms with van der Waals surface area (Å²) in [5, 5.41) is 16.8. The lowest BCUT2D eigenvalue weighted by molar-refractivity contribution is 0.467. The zero-order valence-electron chi connectivity index (χ0n) is 15.1. The highest BCUT2D eigenvalue weighted by Crippen LogP contribution is 2.17. The van der Waals surface area contributed by atoms with Crippen LogP contribution in [0.1, 0.15) is 0 Å². The number of halogens is 3. The van der Waals surface area contributed by atoms with Crippen LogP contribution in [0.25, 0.3) is 11.4 Å². The summed E-state index contributed by atoms with van der Waals surface area (Å²) in [5.41, 5.74) is 0.295. The Morgan fingerprint density at radius 3 is 1.60 bits per heavy atom. The molecule has 4 rings (SSSR count). The fourth-order valence-electron chi connectivity index (χ4n) is 2.34. The first kappa shape index (κ1) is 21.6. The van der Waals surface area contributed by atoms with E-state index in [0.717, 1.165) is 10.9 Å². The van der Waals surface area contributed by atoms with Crippen molar-refractivity contribution < 1.29 is 5.11 Å². The lowest BCUT2D eigenvalue weighted by atomic mass is 10.3. The molecule has 0 saturated heterocycles. The molecule has 0 fully saturated rings. The molecule has 0 spiro atoms. The van der Waals surface area contributed by atoms with E-state index in [0.29, 0.717) is 11.4 Å². The summed E-state index contributed by atoms with van der Waals surface area (Å²) in [7, 11) is 0. The van der Waals surface area contributed by atoms with Crippen LogP contribution in [0.4, 0.5) is 0 Å². The number of hydrogen-bond acceptors (Lipinski definition) is 5. The van der Waals surface area contributed by atoms with Crippen molar-refractivity contribution in [3.63, 3.8) is 0 Å². The molecule has 2 aromatic carbocycles. The summed E-state index contributed by atoms with van der Waals surface area (Å²) in [6.07, 6.45) is 2.48. The van der Waals surface area contributed by atoms with Gasteiger partial charge in [-0.25, -0.2) is 0 Å². The van der Waals surface area contributed by atoms with Crippen molar-refractivity contribution in [3.05, 3.63) is 109 Å². The Labute approximate surface area is 185 Å². The first-order chi connectivity index (χ1) is 14.4. The van der Waals surface area contributed by atoms with Gasteiger partial charge in [0, 0.05) is 0 Å². The summed E-state index contributed by atoms with van der Waals surface area (Å²) < 4.78 is 2.33. The molecular weight excluding hydrogens is 451 g/mol. The van der Waals surface area contributed by atoms with E-state index >= 15 is 0 Å². The third-order valence-electron chi connectivity index (χ3n) is 3.78. The second-order valence-electron chi connectivity index (χ2n) is 5.76. The van der Waals surface area contributed by atoms with Gasteiger partial charge in [-0.15, -0.1) is 0 Å². The third-order valence-corrected chi connectivity index (χ3v) is 4.88. The van der Waals surface area contributed by atoms with Gasteiger partial charge in [-0.2, -0.15) is 19.6 Å². The number of nitrogens with zero attached hydrogens (tertiary/aromatic N) is 4. The molecule has 2 aromatic heterocycles. The standard InChI is InChI=1S/C10H6Cl2N2O.C10H7ClN2O2/c11-8-6-13-14(10(15)9(8)12)7-4-2-1-3-5-7;11-9-8(14)6-12-13(10(9)15)7-4-2-1-3-5-7/h1-6H;1-6,14H. The molecule has 0 bridgehead atoms. The van der Waals surface area contributed by atoms with Gasteiger partial charge < -0.3 is 5.11 Å². The van der Waals surface area contributed by atoms with Crippen molar-refractivity contribution in [3.8, 4) is 17.1 Å². The van der Waals surface area contributed by atoms with Gasteiger partial charge in [-0.05, 0) is 24.3 Å². The Kier molecular flexibility index (Phi) is 6.89. The second kappa shape index (κ2) is 9.58. The van der Waals surface area contributed by atoms with E-state index in [1.807, 2.05) is 24.3 Å². The zero-order chi connectivity index (χ0) is 21.7. The predicted octanol–water partition coefficient (Wildman–Crippen LogP) is 4.13. The number of hydrogen-bond donors (Lipinski definition) is 1. The Hall–Kier alpha value is -3.13. The Morgan fingerprint density at radius 1 is 0.667 bits per heavy atom. The molecule has 0 saturated carbocycles. The van der Waals surface area contributed by atoms with E-state index in [-0.39, 0.29) is 20.8 Å². The van der Waals surface area contributed by atoms with Crippen molar-refractivity contribution in [2.24, 2.45) is 0 Å². The van der Waals surface area contributed by atoms with Crippen LogP contribution in [-0.4, -0.2) is 24.7 Å². The van der Waals surface area contributed by atoms with Gasteiger partial charge in [0.15, 0.2) is 10.8 Å². The Bertz CT molecular complexity index is 1180. The van der Waals surface area contributed by atoms with Gasteiger partial charge >= 0.3 is 0 Å². The highest BCUT2D eigenvalue weighted by molar-refractivity contribution is 6.41. The van der Waals surface area contributed by atoms with E-state index in [4.69, 9.17) is 39.9 Å². The fourth-order valence-corrected chi connectivity index (χ4v) is 2.73. The molecule has 0 radical (unpaired) electrons. The van der Waals surface area contributed by atoms with Crippen LogP contribution >= 0.6 is 34.8 Å². The van der Waals surface area contributed by atoms with E-state index in [1.165, 1.54) is 10.9 Å². The molecule has 152 valence electrons. The first-order valence-electron chi connectivity index (χ1n) is 8.41. The van der Waals surface area contributed by atoms with E-state index in [1.54, 1.807) is 36.4 Å². The maximum atomic E-state index is 11.7. The molecule has 0 amide bonds. The average molecular weight is 464 g/mol. The van der Waals surface area contributed by atoms with Gasteiger partial charge in [-0.1, -0.05) is 71.2 Å². The molecule has 0 atom stereocenters. The highest BCUT2D eigenvalue weighted by atomic mass is 35.5. The van der Waals surface area contributed by atoms with Gasteiger partial charge in [0.1, 0.15) is 5.02 Å². The molecular formula is C20H13Cl3N4O3. The van der Waals surface area contributed by atoms with Crippen LogP contribution < -0.4 is 11.1 Å². The first-order valence-corrected chi connectivity index (χ1v) is 9.54. The second-order valence-corrected chi connectivity index (χ2v) is 6.92. The molecule has 30 heavy (non-hydrogen) atoms. The van der Waals surface area contributed by atoms with Crippen LogP contribution in [-0.2, 0) is 0 Å². The monoisotopic (exact) mass is 462 g/mol. The van der Waals surface area contributed by atoms with Crippen LogP contribution in [0, 0.1) is 0 Å². The van der Waals surface area contributed by atoms with E-state index in [2.05, 4.69) is 10.2 Å². The molecule has 0 unspecified atom stereocenters. The molecule has 0 aliphatic rings. The quantitative estimate of drug-likeness (QED) is 0.483. The fraction of sp³-hybridized carbons (Fsp3) is 0. The molecule has 10 heteroatoms. The molecule has 4 aromatic rings. The summed E-state index contributed by atoms with van der Waals surface area (Å²) in [5.74, 6) is -0.311. The normalized spacial score (nSPS) is 10.2. The Balaban J connectivity index is 0.000000171. The highest BCUT2D eigenvalue weighted by Gasteiger charge is 2.09. The van der Waals surface area contributed by atoms with E-state index < -0.39 is 11.1 Å². The van der Waals surface area contributed by atoms with Crippen molar-refractivity contribution >= 4 is 34.8 Å². The van der Waals surface area contributed by atoms with Crippen LogP contribution in [0.2, 0.25) is 15.1 Å². The van der Waals surface area contributed by atoms with Crippen LogP contribution in [0.3, 0.4) is 0 Å². The number of aromatic hydroxyl groups is 1. The third kappa shape index (κ3) is 4.71. The summed E-state index contributed by atoms with van der Waals surface area (Å²) >= 11 is 17.0. The SMILES string of the molecule is O=c1c(Cl)c(Cl)cnn1-c1ccccc1.O=c1c(Cl)c(O)cnn1-c1ccccc1. The van der Waals surface area contributed by atoms with Gasteiger partial charge in [0.25, 0.3) is 11.1 Å². The van der Waals surface area contributed by atoms with Gasteiger partial charge in [-0.3, -0.25) is 9.59 Å². The molecule has 7 nitrogen and oxygen atoms in total. The predicted molar refractivity (Wildman–Crippen MR) is 116 cm³/mol. The minimum atomic E-state index is -0.539. The summed E-state index contributed by atoms with van der Waals surface area (Å²) in [6, 6.07) is 17.8. The van der Waals surface area contributed by atoms with Crippen LogP contribution in [0.15, 0.2) is 82.6 Å². The summed E-state index contributed by atoms with van der Waals surface area (Å²) in [6.45, 7) is 0. The molecule has 1 N–H and O–H groups in total. The zero-order valence-corrected chi connectivity index (χ0v) is 17.4. The van der Waals surface area contributed by atoms with Crippen molar-refractivity contribution in [2.45, 2.75) is 0 Å². The molecule has 0 aliphatic heterocycles. The number of rotatable bonds is 2. The number of benzene rings is 2. The van der Waals surface area contributed by atoms with Crippen molar-refractivity contribution in [1.82, 2.24) is 19.6 Å². The van der Waals surface area contributed by atoms with Gasteiger partial charge in [0.05, 0.1) is 28.8 Å². The maximum Gasteiger partial charge on any atom is 0.294 e. The van der Waals surface area contributed by atoms with Crippen molar-refractivity contribution in [1.29, 1.82) is 0 Å². The van der Waals surface area contributed by atoms with Crippen molar-refractivity contribution in [2.75, 3.05) is 0 Å². The van der Waals surface area contributed by atoms with Crippen LogP contribution in [0.5, 0.6) is 5.75 Å². The molecule has 2 heterocycles. The minimum Gasteiger partial charge on any atom is -0.505 e. The van der Waals surface area contributed by atoms with E-state index in [9.17, 15) is 9.59 Å². The van der Waals surface area contributed by atoms with Gasteiger partial charge in [0.2, 0.25) is 0 Å². The minimum absolute atomic E-state index is 0.0180. The number of para-hydroxylation sites is 2. The smallest absolute Gasteiger partial charge is 0.294 e. The lowest BCUT2D eigenvalue weighted by Gasteiger charge is -2.04.